The van der Waals surface area contributed by atoms with E-state index in [1.807, 2.05) is 36.4 Å². The van der Waals surface area contributed by atoms with Crippen LogP contribution in [0.1, 0.15) is 0 Å². The summed E-state index contributed by atoms with van der Waals surface area (Å²) in [5, 5.41) is 12.1. The first-order valence-electron chi connectivity index (χ1n) is 6.08. The normalized spacial score (nSPS) is 10.4. The van der Waals surface area contributed by atoms with Gasteiger partial charge in [-0.1, -0.05) is 41.7 Å². The smallest absolute Gasteiger partial charge is 0.258 e. The molecule has 0 saturated carbocycles. The Labute approximate surface area is 119 Å². The van der Waals surface area contributed by atoms with Crippen LogP contribution >= 0.6 is 11.3 Å². The SMILES string of the molecule is CNc1nnc(-c2ccc(-c3ccccc3)[nH]c2=O)s1. The predicted octanol–water partition coefficient (Wildman–Crippen LogP) is 2.60. The number of anilines is 1. The molecule has 0 radical (unpaired) electrons. The number of aromatic amines is 1. The molecule has 5 nitrogen and oxygen atoms in total. The third kappa shape index (κ3) is 2.33. The molecular weight excluding hydrogens is 272 g/mol. The van der Waals surface area contributed by atoms with Crippen molar-refractivity contribution in [3.8, 4) is 21.8 Å². The number of hydrogen-bond donors (Lipinski definition) is 2. The Hall–Kier alpha value is -2.47. The molecule has 3 rings (SSSR count). The lowest BCUT2D eigenvalue weighted by Crippen LogP contribution is -2.09. The highest BCUT2D eigenvalue weighted by atomic mass is 32.1. The molecule has 6 heteroatoms. The van der Waals surface area contributed by atoms with E-state index in [9.17, 15) is 4.79 Å². The van der Waals surface area contributed by atoms with Crippen LogP contribution in [0.3, 0.4) is 0 Å². The van der Waals surface area contributed by atoms with Crippen molar-refractivity contribution in [2.75, 3.05) is 12.4 Å². The molecule has 0 aliphatic heterocycles. The van der Waals surface area contributed by atoms with Gasteiger partial charge in [-0.3, -0.25) is 4.79 Å². The maximum atomic E-state index is 12.2. The first-order valence-corrected chi connectivity index (χ1v) is 6.90. The summed E-state index contributed by atoms with van der Waals surface area (Å²) in [6.45, 7) is 0. The molecule has 0 unspecified atom stereocenters. The minimum absolute atomic E-state index is 0.162. The average molecular weight is 284 g/mol. The molecule has 0 aliphatic rings. The molecule has 2 aromatic heterocycles. The van der Waals surface area contributed by atoms with Gasteiger partial charge in [0, 0.05) is 12.7 Å². The summed E-state index contributed by atoms with van der Waals surface area (Å²) in [6, 6.07) is 13.4. The van der Waals surface area contributed by atoms with E-state index in [0.717, 1.165) is 11.3 Å². The zero-order valence-corrected chi connectivity index (χ0v) is 11.6. The van der Waals surface area contributed by atoms with Gasteiger partial charge in [0.25, 0.3) is 5.56 Å². The molecule has 2 heterocycles. The Balaban J connectivity index is 2.02. The van der Waals surface area contributed by atoms with Crippen LogP contribution in [0.2, 0.25) is 0 Å². The Morgan fingerprint density at radius 3 is 2.55 bits per heavy atom. The number of H-pyrrole nitrogens is 1. The standard InChI is InChI=1S/C14H12N4OS/c1-15-14-18-17-13(20-14)10-7-8-11(16-12(10)19)9-5-3-2-4-6-9/h2-8H,1H3,(H,15,18)(H,16,19). The molecule has 20 heavy (non-hydrogen) atoms. The van der Waals surface area contributed by atoms with Crippen LogP contribution in [-0.4, -0.2) is 22.2 Å². The number of rotatable bonds is 3. The van der Waals surface area contributed by atoms with Gasteiger partial charge in [0.2, 0.25) is 5.13 Å². The van der Waals surface area contributed by atoms with Crippen LogP contribution in [0.5, 0.6) is 0 Å². The van der Waals surface area contributed by atoms with E-state index in [1.165, 1.54) is 11.3 Å². The maximum Gasteiger partial charge on any atom is 0.258 e. The third-order valence-corrected chi connectivity index (χ3v) is 3.84. The van der Waals surface area contributed by atoms with Crippen LogP contribution in [0, 0.1) is 0 Å². The predicted molar refractivity (Wildman–Crippen MR) is 80.9 cm³/mol. The first kappa shape index (κ1) is 12.6. The highest BCUT2D eigenvalue weighted by Crippen LogP contribution is 2.24. The quantitative estimate of drug-likeness (QED) is 0.775. The Kier molecular flexibility index (Phi) is 3.30. The van der Waals surface area contributed by atoms with Crippen LogP contribution in [0.4, 0.5) is 5.13 Å². The van der Waals surface area contributed by atoms with Gasteiger partial charge >= 0.3 is 0 Å². The minimum Gasteiger partial charge on any atom is -0.363 e. The Morgan fingerprint density at radius 2 is 1.90 bits per heavy atom. The Morgan fingerprint density at radius 1 is 1.10 bits per heavy atom. The highest BCUT2D eigenvalue weighted by molar-refractivity contribution is 7.18. The van der Waals surface area contributed by atoms with E-state index in [0.29, 0.717) is 15.7 Å². The highest BCUT2D eigenvalue weighted by Gasteiger charge is 2.10. The van der Waals surface area contributed by atoms with Gasteiger partial charge in [-0.05, 0) is 17.7 Å². The number of pyridine rings is 1. The fourth-order valence-corrected chi connectivity index (χ4v) is 2.58. The van der Waals surface area contributed by atoms with Crippen molar-refractivity contribution < 1.29 is 0 Å². The average Bonchev–Trinajstić information content (AvgIpc) is 2.97. The van der Waals surface area contributed by atoms with Crippen LogP contribution in [0.25, 0.3) is 21.8 Å². The summed E-state index contributed by atoms with van der Waals surface area (Å²) in [6.07, 6.45) is 0. The number of hydrogen-bond acceptors (Lipinski definition) is 5. The maximum absolute atomic E-state index is 12.2. The van der Waals surface area contributed by atoms with Crippen molar-refractivity contribution in [2.24, 2.45) is 0 Å². The summed E-state index contributed by atoms with van der Waals surface area (Å²) < 4.78 is 0. The molecule has 0 amide bonds. The first-order chi connectivity index (χ1) is 9.78. The van der Waals surface area contributed by atoms with Gasteiger partial charge in [0.15, 0.2) is 5.01 Å². The molecule has 3 aromatic rings. The molecule has 0 atom stereocenters. The molecule has 0 spiro atoms. The van der Waals surface area contributed by atoms with Crippen molar-refractivity contribution in [3.05, 3.63) is 52.8 Å². The number of benzene rings is 1. The lowest BCUT2D eigenvalue weighted by molar-refractivity contribution is 1.09. The second kappa shape index (κ2) is 5.26. The zero-order chi connectivity index (χ0) is 13.9. The molecule has 2 N–H and O–H groups in total. The summed E-state index contributed by atoms with van der Waals surface area (Å²) >= 11 is 1.35. The Bertz CT molecular complexity index is 779. The van der Waals surface area contributed by atoms with E-state index < -0.39 is 0 Å². The minimum atomic E-state index is -0.162. The van der Waals surface area contributed by atoms with Gasteiger partial charge in [0.05, 0.1) is 5.56 Å². The molecule has 1 aromatic carbocycles. The number of nitrogens with one attached hydrogen (secondary N) is 2. The van der Waals surface area contributed by atoms with Crippen LogP contribution in [0.15, 0.2) is 47.3 Å². The van der Waals surface area contributed by atoms with Crippen molar-refractivity contribution >= 4 is 16.5 Å². The van der Waals surface area contributed by atoms with Crippen molar-refractivity contribution in [2.45, 2.75) is 0 Å². The molecule has 0 fully saturated rings. The summed E-state index contributed by atoms with van der Waals surface area (Å²) in [5.74, 6) is 0. The second-order valence-corrected chi connectivity index (χ2v) is 5.12. The largest absolute Gasteiger partial charge is 0.363 e. The van der Waals surface area contributed by atoms with Crippen molar-refractivity contribution in [1.29, 1.82) is 0 Å². The summed E-state index contributed by atoms with van der Waals surface area (Å²) in [5.41, 5.74) is 2.14. The fourth-order valence-electron chi connectivity index (χ4n) is 1.86. The summed E-state index contributed by atoms with van der Waals surface area (Å²) in [7, 11) is 1.77. The monoisotopic (exact) mass is 284 g/mol. The molecule has 0 aliphatic carbocycles. The van der Waals surface area contributed by atoms with Crippen LogP contribution in [-0.2, 0) is 0 Å². The fraction of sp³-hybridized carbons (Fsp3) is 0.0714. The van der Waals surface area contributed by atoms with Crippen molar-refractivity contribution in [1.82, 2.24) is 15.2 Å². The zero-order valence-electron chi connectivity index (χ0n) is 10.8. The lowest BCUT2D eigenvalue weighted by atomic mass is 10.1. The topological polar surface area (TPSA) is 70.7 Å². The van der Waals surface area contributed by atoms with Crippen molar-refractivity contribution in [3.63, 3.8) is 0 Å². The molecule has 100 valence electrons. The van der Waals surface area contributed by atoms with Gasteiger partial charge in [0.1, 0.15) is 0 Å². The molecule has 0 bridgehead atoms. The number of aromatic nitrogens is 3. The van der Waals surface area contributed by atoms with E-state index in [2.05, 4.69) is 20.5 Å². The molecule has 0 saturated heterocycles. The third-order valence-electron chi connectivity index (χ3n) is 2.86. The van der Waals surface area contributed by atoms with Gasteiger partial charge in [-0.25, -0.2) is 0 Å². The van der Waals surface area contributed by atoms with Gasteiger partial charge in [-0.2, -0.15) is 0 Å². The van der Waals surface area contributed by atoms with E-state index >= 15 is 0 Å². The molecular formula is C14H12N4OS. The van der Waals surface area contributed by atoms with Gasteiger partial charge < -0.3 is 10.3 Å². The lowest BCUT2D eigenvalue weighted by Gasteiger charge is -2.02. The number of nitrogens with zero attached hydrogens (tertiary/aromatic N) is 2. The second-order valence-electron chi connectivity index (χ2n) is 4.14. The summed E-state index contributed by atoms with van der Waals surface area (Å²) in [4.78, 5) is 15.1. The van der Waals surface area contributed by atoms with E-state index in [4.69, 9.17) is 0 Å². The van der Waals surface area contributed by atoms with E-state index in [1.54, 1.807) is 13.1 Å². The van der Waals surface area contributed by atoms with E-state index in [-0.39, 0.29) is 5.56 Å². The van der Waals surface area contributed by atoms with Crippen LogP contribution < -0.4 is 10.9 Å². The van der Waals surface area contributed by atoms with Gasteiger partial charge in [-0.15, -0.1) is 10.2 Å².